The summed E-state index contributed by atoms with van der Waals surface area (Å²) in [5, 5.41) is 14.1. The Morgan fingerprint density at radius 1 is 1.45 bits per heavy atom. The van der Waals surface area contributed by atoms with Crippen molar-refractivity contribution in [2.75, 3.05) is 18.1 Å². The normalized spacial score (nSPS) is 17.7. The second-order valence-electron chi connectivity index (χ2n) is 5.42. The Morgan fingerprint density at radius 3 is 2.70 bits per heavy atom. The molecular weight excluding hydrogens is 274 g/mol. The second-order valence-corrected chi connectivity index (χ2v) is 6.69. The largest absolute Gasteiger partial charge is 0.368 e. The average Bonchev–Trinajstić information content (AvgIpc) is 2.47. The molecule has 0 aliphatic heterocycles. The average molecular weight is 295 g/mol. The van der Waals surface area contributed by atoms with Crippen LogP contribution in [0.25, 0.3) is 0 Å². The van der Waals surface area contributed by atoms with Crippen LogP contribution < -0.4 is 5.32 Å². The van der Waals surface area contributed by atoms with Gasteiger partial charge in [0.2, 0.25) is 0 Å². The van der Waals surface area contributed by atoms with Gasteiger partial charge in [-0.15, -0.1) is 0 Å². The Morgan fingerprint density at radius 2 is 2.15 bits per heavy atom. The van der Waals surface area contributed by atoms with E-state index in [2.05, 4.69) is 16.6 Å². The van der Waals surface area contributed by atoms with Crippen LogP contribution in [-0.2, 0) is 0 Å². The molecule has 0 amide bonds. The number of rotatable bonds is 5. The Kier molecular flexibility index (Phi) is 4.86. The first-order chi connectivity index (χ1) is 9.56. The number of pyridine rings is 1. The number of anilines is 1. The summed E-state index contributed by atoms with van der Waals surface area (Å²) < 4.78 is 0.286. The SMILES string of the molecule is CSC1(CNc2ncc([N+](=O)[O-])cc2C)CCCCC1. The molecule has 1 N–H and O–H groups in total. The molecule has 0 atom stereocenters. The van der Waals surface area contributed by atoms with Gasteiger partial charge in [0.25, 0.3) is 5.69 Å². The van der Waals surface area contributed by atoms with Gasteiger partial charge in [-0.3, -0.25) is 10.1 Å². The summed E-state index contributed by atoms with van der Waals surface area (Å²) in [6, 6.07) is 1.57. The number of thioether (sulfide) groups is 1. The van der Waals surface area contributed by atoms with Crippen molar-refractivity contribution in [2.45, 2.75) is 43.8 Å². The maximum atomic E-state index is 10.7. The molecule has 1 saturated carbocycles. The molecule has 1 aromatic heterocycles. The van der Waals surface area contributed by atoms with E-state index in [1.54, 1.807) is 6.07 Å². The first-order valence-electron chi connectivity index (χ1n) is 6.96. The van der Waals surface area contributed by atoms with Crippen LogP contribution in [0, 0.1) is 17.0 Å². The molecule has 0 bridgehead atoms. The molecule has 0 aromatic carbocycles. The smallest absolute Gasteiger partial charge is 0.287 e. The number of aromatic nitrogens is 1. The Labute approximate surface area is 123 Å². The van der Waals surface area contributed by atoms with Gasteiger partial charge in [0.05, 0.1) is 4.92 Å². The predicted molar refractivity (Wildman–Crippen MR) is 83.4 cm³/mol. The van der Waals surface area contributed by atoms with Crippen LogP contribution in [-0.4, -0.2) is 27.5 Å². The Balaban J connectivity index is 2.04. The zero-order valence-corrected chi connectivity index (χ0v) is 12.8. The van der Waals surface area contributed by atoms with Gasteiger partial charge >= 0.3 is 0 Å². The Bertz CT molecular complexity index is 487. The van der Waals surface area contributed by atoms with E-state index in [1.807, 2.05) is 18.7 Å². The van der Waals surface area contributed by atoms with E-state index >= 15 is 0 Å². The summed E-state index contributed by atoms with van der Waals surface area (Å²) in [7, 11) is 0. The minimum Gasteiger partial charge on any atom is -0.368 e. The molecule has 1 aromatic rings. The molecule has 1 aliphatic rings. The van der Waals surface area contributed by atoms with Crippen LogP contribution in [0.1, 0.15) is 37.7 Å². The van der Waals surface area contributed by atoms with Gasteiger partial charge in [0.15, 0.2) is 0 Å². The van der Waals surface area contributed by atoms with Crippen molar-refractivity contribution in [3.05, 3.63) is 27.9 Å². The molecule has 0 unspecified atom stereocenters. The quantitative estimate of drug-likeness (QED) is 0.661. The van der Waals surface area contributed by atoms with Crippen molar-refractivity contribution in [1.29, 1.82) is 0 Å². The van der Waals surface area contributed by atoms with Crippen molar-refractivity contribution >= 4 is 23.3 Å². The van der Waals surface area contributed by atoms with Crippen molar-refractivity contribution in [1.82, 2.24) is 4.98 Å². The summed E-state index contributed by atoms with van der Waals surface area (Å²) >= 11 is 1.93. The standard InChI is InChI=1S/C14H21N3O2S/c1-11-8-12(17(18)19)9-15-13(11)16-10-14(20-2)6-4-3-5-7-14/h8-9H,3-7,10H2,1-2H3,(H,15,16). The summed E-state index contributed by atoms with van der Waals surface area (Å²) in [4.78, 5) is 14.5. The van der Waals surface area contributed by atoms with Gasteiger partial charge in [0.1, 0.15) is 12.0 Å². The van der Waals surface area contributed by atoms with Gasteiger partial charge in [-0.1, -0.05) is 19.3 Å². The summed E-state index contributed by atoms with van der Waals surface area (Å²) in [5.74, 6) is 0.759. The lowest BCUT2D eigenvalue weighted by atomic mass is 9.88. The molecule has 20 heavy (non-hydrogen) atoms. The van der Waals surface area contributed by atoms with E-state index < -0.39 is 4.92 Å². The van der Waals surface area contributed by atoms with Crippen molar-refractivity contribution in [2.24, 2.45) is 0 Å². The third kappa shape index (κ3) is 3.42. The molecule has 0 spiro atoms. The maximum Gasteiger partial charge on any atom is 0.287 e. The van der Waals surface area contributed by atoms with Gasteiger partial charge in [0, 0.05) is 17.4 Å². The minimum atomic E-state index is -0.408. The van der Waals surface area contributed by atoms with E-state index in [0.717, 1.165) is 17.9 Å². The van der Waals surface area contributed by atoms with Gasteiger partial charge in [-0.05, 0) is 31.6 Å². The number of hydrogen-bond donors (Lipinski definition) is 1. The topological polar surface area (TPSA) is 68.1 Å². The van der Waals surface area contributed by atoms with Crippen LogP contribution in [0.3, 0.4) is 0 Å². The second kappa shape index (κ2) is 6.43. The molecular formula is C14H21N3O2S. The number of nitrogens with one attached hydrogen (secondary N) is 1. The monoisotopic (exact) mass is 295 g/mol. The molecule has 1 heterocycles. The van der Waals surface area contributed by atoms with Crippen LogP contribution in [0.5, 0.6) is 0 Å². The maximum absolute atomic E-state index is 10.7. The van der Waals surface area contributed by atoms with E-state index in [0.29, 0.717) is 0 Å². The van der Waals surface area contributed by atoms with Crippen LogP contribution in [0.15, 0.2) is 12.3 Å². The van der Waals surface area contributed by atoms with E-state index in [4.69, 9.17) is 0 Å². The minimum absolute atomic E-state index is 0.0466. The van der Waals surface area contributed by atoms with Crippen LogP contribution in [0.2, 0.25) is 0 Å². The van der Waals surface area contributed by atoms with Gasteiger partial charge < -0.3 is 5.32 Å². The Hall–Kier alpha value is -1.30. The lowest BCUT2D eigenvalue weighted by Gasteiger charge is -2.36. The first kappa shape index (κ1) is 15.1. The number of aryl methyl sites for hydroxylation is 1. The third-order valence-corrected chi connectivity index (χ3v) is 5.47. The van der Waals surface area contributed by atoms with E-state index in [9.17, 15) is 10.1 Å². The summed E-state index contributed by atoms with van der Waals surface area (Å²) in [5.41, 5.74) is 0.872. The molecule has 5 nitrogen and oxygen atoms in total. The van der Waals surface area contributed by atoms with Crippen LogP contribution >= 0.6 is 11.8 Å². The third-order valence-electron chi connectivity index (χ3n) is 4.05. The molecule has 0 radical (unpaired) electrons. The van der Waals surface area contributed by atoms with Gasteiger partial charge in [-0.2, -0.15) is 11.8 Å². The predicted octanol–water partition coefficient (Wildman–Crippen LogP) is 3.78. The summed E-state index contributed by atoms with van der Waals surface area (Å²) in [6.07, 6.45) is 9.85. The fourth-order valence-electron chi connectivity index (χ4n) is 2.74. The molecule has 6 heteroatoms. The van der Waals surface area contributed by atoms with Crippen molar-refractivity contribution in [3.8, 4) is 0 Å². The molecule has 110 valence electrons. The lowest BCUT2D eigenvalue weighted by Crippen LogP contribution is -2.35. The van der Waals surface area contributed by atoms with E-state index in [-0.39, 0.29) is 10.4 Å². The molecule has 1 aliphatic carbocycles. The van der Waals surface area contributed by atoms with Crippen molar-refractivity contribution < 1.29 is 4.92 Å². The number of nitrogens with zero attached hydrogens (tertiary/aromatic N) is 2. The molecule has 0 saturated heterocycles. The highest BCUT2D eigenvalue weighted by atomic mass is 32.2. The molecule has 1 fully saturated rings. The van der Waals surface area contributed by atoms with E-state index in [1.165, 1.54) is 38.3 Å². The summed E-state index contributed by atoms with van der Waals surface area (Å²) in [6.45, 7) is 2.73. The zero-order valence-electron chi connectivity index (χ0n) is 12.0. The highest BCUT2D eigenvalue weighted by molar-refractivity contribution is 8.00. The lowest BCUT2D eigenvalue weighted by molar-refractivity contribution is -0.385. The highest BCUT2D eigenvalue weighted by Crippen LogP contribution is 2.38. The van der Waals surface area contributed by atoms with Gasteiger partial charge in [-0.25, -0.2) is 4.98 Å². The molecule has 2 rings (SSSR count). The van der Waals surface area contributed by atoms with Crippen LogP contribution in [0.4, 0.5) is 11.5 Å². The highest BCUT2D eigenvalue weighted by Gasteiger charge is 2.31. The first-order valence-corrected chi connectivity index (χ1v) is 8.19. The number of nitro groups is 1. The fourth-order valence-corrected chi connectivity index (χ4v) is 3.65. The number of hydrogen-bond acceptors (Lipinski definition) is 5. The zero-order chi connectivity index (χ0) is 14.6. The van der Waals surface area contributed by atoms with Crippen molar-refractivity contribution in [3.63, 3.8) is 0 Å². The fraction of sp³-hybridized carbons (Fsp3) is 0.643.